The van der Waals surface area contributed by atoms with E-state index in [1.807, 2.05) is 89.8 Å². The average Bonchev–Trinajstić information content (AvgIpc) is 2.63. The fraction of sp³-hybridized carbons (Fsp3) is 0.313. The number of allylic oxidation sites excluding steroid dienone is 2. The van der Waals surface area contributed by atoms with Crippen LogP contribution in [0, 0.1) is 0 Å². The Labute approximate surface area is 480 Å². The van der Waals surface area contributed by atoms with E-state index < -0.39 is 5.97 Å². The molecule has 0 bridgehead atoms. The van der Waals surface area contributed by atoms with E-state index in [1.54, 1.807) is 11.8 Å². The average molecular weight is 1100 g/mol. The molecule has 5 aliphatic rings. The second-order valence-electron chi connectivity index (χ2n) is 23.2. The van der Waals surface area contributed by atoms with E-state index in [-0.39, 0.29) is 30.2 Å². The van der Waals surface area contributed by atoms with Crippen molar-refractivity contribution in [3.63, 3.8) is 0 Å². The van der Waals surface area contributed by atoms with E-state index in [9.17, 15) is 0 Å². The number of aromatic carboxylic acids is 1. The summed E-state index contributed by atoms with van der Waals surface area (Å²) < 4.78 is 16.5. The van der Waals surface area contributed by atoms with Crippen LogP contribution in [0.25, 0.3) is 33.8 Å². The number of carbonyl (C=O) groups excluding carboxylic acids is 3. The molecule has 0 unspecified atom stereocenters. The number of aromatic nitrogens is 3. The second-order valence-corrected chi connectivity index (χ2v) is 24.3. The molecule has 7 aromatic rings. The Bertz CT molecular complexity index is 3930. The van der Waals surface area contributed by atoms with Crippen molar-refractivity contribution in [2.24, 2.45) is 0 Å². The normalized spacial score (nSPS) is 15.6. The molecule has 8 heterocycles. The number of fused-ring (bicyclic) bond motifs is 4. The summed E-state index contributed by atoms with van der Waals surface area (Å²) in [4.78, 5) is 42.3. The molecule has 0 spiro atoms. The van der Waals surface area contributed by atoms with Gasteiger partial charge in [0.05, 0.1) is 33.9 Å². The van der Waals surface area contributed by atoms with Crippen molar-refractivity contribution in [2.45, 2.75) is 95.5 Å². The van der Waals surface area contributed by atoms with Crippen LogP contribution in [-0.4, -0.2) is 78.6 Å². The number of hydrogen-bond acceptors (Lipinski definition) is 10. The molecule has 0 aliphatic carbocycles. The lowest BCUT2D eigenvalue weighted by Gasteiger charge is -2.47. The molecular formula is C67H73N8O5S+3. The lowest BCUT2D eigenvalue weighted by Crippen LogP contribution is -2.53. The first-order valence-electron chi connectivity index (χ1n) is 27.4. The van der Waals surface area contributed by atoms with E-state index in [1.165, 1.54) is 33.3 Å². The Morgan fingerprint density at radius 2 is 1.20 bits per heavy atom. The number of carboxylic acid groups (broad SMARTS) is 1. The molecule has 0 saturated carbocycles. The number of nitrogens with zero attached hydrogens (tertiary/aromatic N) is 8. The quantitative estimate of drug-likeness (QED) is 0.124. The topological polar surface area (TPSA) is 111 Å². The summed E-state index contributed by atoms with van der Waals surface area (Å²) in [7, 11) is 12.2. The first-order chi connectivity index (χ1) is 38.2. The van der Waals surface area contributed by atoms with E-state index in [0.717, 1.165) is 105 Å². The van der Waals surface area contributed by atoms with Crippen LogP contribution in [0.3, 0.4) is 0 Å². The number of anilines is 4. The maximum absolute atomic E-state index is 15.4. The van der Waals surface area contributed by atoms with Crippen molar-refractivity contribution in [3.05, 3.63) is 178 Å². The Morgan fingerprint density at radius 1 is 0.667 bits per heavy atom. The maximum atomic E-state index is 15.4. The van der Waals surface area contributed by atoms with Gasteiger partial charge in [0, 0.05) is 161 Å². The Kier molecular flexibility index (Phi) is 14.7. The van der Waals surface area contributed by atoms with Crippen LogP contribution in [-0.2, 0) is 22.4 Å². The molecule has 81 heavy (non-hydrogen) atoms. The minimum atomic E-state index is -1.29. The first-order valence-corrected chi connectivity index (χ1v) is 28.2. The van der Waals surface area contributed by atoms with Gasteiger partial charge in [-0.05, 0) is 88.4 Å². The van der Waals surface area contributed by atoms with Crippen LogP contribution in [0.1, 0.15) is 106 Å². The van der Waals surface area contributed by atoms with Gasteiger partial charge < -0.3 is 34.2 Å². The van der Waals surface area contributed by atoms with Crippen molar-refractivity contribution < 1.29 is 37.9 Å². The highest BCUT2D eigenvalue weighted by atomic mass is 32.2. The third-order valence-corrected chi connectivity index (χ3v) is 17.6. The van der Waals surface area contributed by atoms with Gasteiger partial charge in [-0.15, -0.1) is 0 Å². The number of pyridine rings is 3. The van der Waals surface area contributed by atoms with Crippen LogP contribution in [0.5, 0.6) is 11.5 Å². The lowest BCUT2D eigenvalue weighted by molar-refractivity contribution is -0.637. The first kappa shape index (κ1) is 56.0. The summed E-state index contributed by atoms with van der Waals surface area (Å²) in [6, 6.07) is 27.5. The SMILES string of the molecule is C.CC1=CC(C)(C)N2CCCc3c4c(cc1c32)C(c1c(C(=O)[O-])c(-[n+]2ccc(N(C)C)cc2)c(-[n+]2ccc(N(C)C)cc2)c(Sc2ccccc2)c1-[n+]1ccc(N(C)C)cc1)=c1cc2c3c(c1O4)CCC[N+]=3C(C)(C)C=C2C.O=C=O. The Morgan fingerprint density at radius 3 is 1.75 bits per heavy atom. The van der Waals surface area contributed by atoms with Gasteiger partial charge in [-0.3, -0.25) is 0 Å². The van der Waals surface area contributed by atoms with E-state index in [4.69, 9.17) is 14.3 Å². The monoisotopic (exact) mass is 1100 g/mol. The standard InChI is InChI=1S/C65H69N8O3S.CO2.CH4/c1-40-38-64(3,4)72-28-16-20-46-55(72)48(40)36-50-52(51-37-49-41(2)39-65(5,6)73-29-17-21-47(56(49)73)61(51)76-60(46)50)53-54(63(74)75)57(69-30-22-42(23-31-69)66(7)8)59(71-34-26-44(27-35-71)68(11)12)62(77-45-18-14-13-15-19-45)58(53)70-32-24-43(25-33-70)67(9)10;2-1-3;/h13-15,18-19,22-27,30-39H,16-17,20-21,28-29H2,1-12H3;;1H4/q+3;;. The molecule has 0 N–H and O–H groups in total. The smallest absolute Gasteiger partial charge is 0.373 e. The predicted octanol–water partition coefficient (Wildman–Crippen LogP) is 8.22. The number of hydrogen-bond donors (Lipinski definition) is 0. The zero-order valence-electron chi connectivity index (χ0n) is 47.9. The van der Waals surface area contributed by atoms with Gasteiger partial charge in [0.2, 0.25) is 11.0 Å². The number of ether oxygens (including phenoxy) is 1. The molecule has 0 saturated heterocycles. The van der Waals surface area contributed by atoms with Crippen molar-refractivity contribution >= 4 is 63.4 Å². The number of carboxylic acids is 1. The molecule has 5 aliphatic heterocycles. The summed E-state index contributed by atoms with van der Waals surface area (Å²) in [5.41, 5.74) is 15.0. The van der Waals surface area contributed by atoms with Crippen molar-refractivity contribution in [1.82, 2.24) is 4.58 Å². The zero-order chi connectivity index (χ0) is 56.7. The zero-order valence-corrected chi connectivity index (χ0v) is 48.7. The number of rotatable bonds is 10. The maximum Gasteiger partial charge on any atom is 0.373 e. The molecule has 0 radical (unpaired) electrons. The summed E-state index contributed by atoms with van der Waals surface area (Å²) in [5.74, 6) is 0.322. The third kappa shape index (κ3) is 9.47. The van der Waals surface area contributed by atoms with Gasteiger partial charge in [-0.2, -0.15) is 23.3 Å². The molecule has 12 rings (SSSR count). The highest BCUT2D eigenvalue weighted by molar-refractivity contribution is 7.99. The van der Waals surface area contributed by atoms with Gasteiger partial charge >= 0.3 is 11.8 Å². The molecule has 4 aromatic carbocycles. The van der Waals surface area contributed by atoms with Gasteiger partial charge in [-0.25, -0.2) is 4.58 Å². The van der Waals surface area contributed by atoms with E-state index in [0.29, 0.717) is 22.6 Å². The highest BCUT2D eigenvalue weighted by Crippen LogP contribution is 2.54. The molecule has 414 valence electrons. The molecular weight excluding hydrogens is 1030 g/mol. The van der Waals surface area contributed by atoms with Crippen LogP contribution in [0.15, 0.2) is 138 Å². The van der Waals surface area contributed by atoms with E-state index >= 15 is 9.90 Å². The minimum absolute atomic E-state index is 0. The van der Waals surface area contributed by atoms with Crippen molar-refractivity contribution in [3.8, 4) is 28.6 Å². The fourth-order valence-electron chi connectivity index (χ4n) is 13.0. The lowest BCUT2D eigenvalue weighted by atomic mass is 9.78. The largest absolute Gasteiger partial charge is 0.545 e. The van der Waals surface area contributed by atoms with Gasteiger partial charge in [0.25, 0.3) is 5.69 Å². The van der Waals surface area contributed by atoms with Crippen molar-refractivity contribution in [2.75, 3.05) is 75.0 Å². The van der Waals surface area contributed by atoms with E-state index in [2.05, 4.69) is 160 Å². The molecule has 13 nitrogen and oxygen atoms in total. The number of benzene rings is 4. The Balaban J connectivity index is 0.00000180. The van der Waals surface area contributed by atoms with Gasteiger partial charge in [-0.1, -0.05) is 43.5 Å². The fourth-order valence-corrected chi connectivity index (χ4v) is 14.1. The predicted molar refractivity (Wildman–Crippen MR) is 320 cm³/mol. The van der Waals surface area contributed by atoms with Crippen LogP contribution in [0.2, 0.25) is 0 Å². The molecule has 3 aromatic heterocycles. The number of carbonyl (C=O) groups is 1. The van der Waals surface area contributed by atoms with Crippen molar-refractivity contribution in [1.29, 1.82) is 0 Å². The van der Waals surface area contributed by atoms with Crippen LogP contribution < -0.4 is 58.3 Å². The summed E-state index contributed by atoms with van der Waals surface area (Å²) in [6.07, 6.45) is 20.8. The van der Waals surface area contributed by atoms with Crippen LogP contribution in [0.4, 0.5) is 22.7 Å². The molecule has 14 heteroatoms. The van der Waals surface area contributed by atoms with Gasteiger partial charge in [0.1, 0.15) is 18.0 Å². The minimum Gasteiger partial charge on any atom is -0.545 e. The summed E-state index contributed by atoms with van der Waals surface area (Å²) >= 11 is 1.64. The molecule has 0 atom stereocenters. The van der Waals surface area contributed by atoms with Crippen LogP contribution >= 0.6 is 11.8 Å². The third-order valence-electron chi connectivity index (χ3n) is 16.5. The summed E-state index contributed by atoms with van der Waals surface area (Å²) in [6.45, 7) is 15.6. The molecule has 0 fully saturated rings. The highest BCUT2D eigenvalue weighted by Gasteiger charge is 2.47. The second kappa shape index (κ2) is 21.3. The van der Waals surface area contributed by atoms with Gasteiger partial charge in [0.15, 0.2) is 47.6 Å². The summed E-state index contributed by atoms with van der Waals surface area (Å²) in [5, 5.41) is 17.5. The Hall–Kier alpha value is -8.32. The molecule has 0 amide bonds.